The van der Waals surface area contributed by atoms with Crippen LogP contribution in [-0.2, 0) is 0 Å². The van der Waals surface area contributed by atoms with Gasteiger partial charge in [0.05, 0.1) is 12.7 Å². The lowest BCUT2D eigenvalue weighted by Gasteiger charge is -2.42. The van der Waals surface area contributed by atoms with E-state index in [1.807, 2.05) is 32.8 Å². The first kappa shape index (κ1) is 16.8. The maximum Gasteiger partial charge on any atom is 0.0709 e. The number of nitrogens with two attached hydrogens (primary N) is 2. The van der Waals surface area contributed by atoms with Crippen LogP contribution in [0.4, 0.5) is 0 Å². The van der Waals surface area contributed by atoms with Crippen molar-refractivity contribution in [2.75, 3.05) is 20.7 Å². The van der Waals surface area contributed by atoms with Gasteiger partial charge in [0.1, 0.15) is 0 Å². The molecule has 5 heteroatoms. The Kier molecular flexibility index (Phi) is 7.20. The zero-order valence-electron chi connectivity index (χ0n) is 11.6. The van der Waals surface area contributed by atoms with Gasteiger partial charge in [-0.2, -0.15) is 0 Å². The molecule has 0 saturated heterocycles. The zero-order valence-corrected chi connectivity index (χ0v) is 11.6. The molecular weight excluding hydrogens is 218 g/mol. The molecule has 0 aromatic heterocycles. The number of hydrogen-bond acceptors (Lipinski definition) is 5. The fourth-order valence-corrected chi connectivity index (χ4v) is 1.96. The van der Waals surface area contributed by atoms with Gasteiger partial charge in [0.25, 0.3) is 0 Å². The lowest BCUT2D eigenvalue weighted by Crippen LogP contribution is -2.59. The minimum Gasteiger partial charge on any atom is -0.395 e. The van der Waals surface area contributed by atoms with Gasteiger partial charge in [0.2, 0.25) is 0 Å². The third kappa shape index (κ3) is 4.52. The molecule has 104 valence electrons. The average molecular weight is 247 g/mol. The van der Waals surface area contributed by atoms with E-state index >= 15 is 0 Å². The highest BCUT2D eigenvalue weighted by atomic mass is 16.3. The molecule has 0 rings (SSSR count). The van der Waals surface area contributed by atoms with Crippen LogP contribution in [-0.4, -0.2) is 59.5 Å². The van der Waals surface area contributed by atoms with Crippen LogP contribution in [0.1, 0.15) is 33.1 Å². The Morgan fingerprint density at radius 1 is 1.29 bits per heavy atom. The number of hydrogen-bond donors (Lipinski definition) is 4. The first-order valence-electron chi connectivity index (χ1n) is 6.27. The van der Waals surface area contributed by atoms with Gasteiger partial charge in [-0.1, -0.05) is 13.3 Å². The number of nitrogens with zero attached hydrogens (tertiary/aromatic N) is 1. The van der Waals surface area contributed by atoms with Gasteiger partial charge in [-0.25, -0.2) is 0 Å². The van der Waals surface area contributed by atoms with Crippen molar-refractivity contribution in [3.05, 3.63) is 0 Å². The molecule has 0 saturated carbocycles. The maximum absolute atomic E-state index is 10.1. The van der Waals surface area contributed by atoms with Crippen molar-refractivity contribution >= 4 is 0 Å². The average Bonchev–Trinajstić information content (AvgIpc) is 2.27. The van der Waals surface area contributed by atoms with Gasteiger partial charge >= 0.3 is 0 Å². The lowest BCUT2D eigenvalue weighted by molar-refractivity contribution is 0.0269. The second-order valence-electron chi connectivity index (χ2n) is 5.26. The van der Waals surface area contributed by atoms with Crippen molar-refractivity contribution in [2.45, 2.75) is 56.8 Å². The van der Waals surface area contributed by atoms with Crippen LogP contribution in [0.5, 0.6) is 0 Å². The van der Waals surface area contributed by atoms with E-state index in [1.165, 1.54) is 0 Å². The number of likely N-dealkylation sites (N-methyl/N-ethyl adjacent to an activating group) is 1. The lowest BCUT2D eigenvalue weighted by atomic mass is 9.83. The molecule has 0 aliphatic carbocycles. The number of aliphatic hydroxyl groups excluding tert-OH is 2. The fourth-order valence-electron chi connectivity index (χ4n) is 1.96. The van der Waals surface area contributed by atoms with E-state index in [-0.39, 0.29) is 12.6 Å². The molecule has 17 heavy (non-hydrogen) atoms. The third-order valence-corrected chi connectivity index (χ3v) is 3.76. The molecule has 0 spiro atoms. The summed E-state index contributed by atoms with van der Waals surface area (Å²) in [4.78, 5) is 1.94. The Morgan fingerprint density at radius 2 is 1.82 bits per heavy atom. The van der Waals surface area contributed by atoms with Crippen LogP contribution in [0, 0.1) is 0 Å². The molecule has 0 aromatic rings. The Labute approximate surface area is 105 Å². The van der Waals surface area contributed by atoms with Crippen molar-refractivity contribution in [1.29, 1.82) is 0 Å². The van der Waals surface area contributed by atoms with Gasteiger partial charge in [-0.05, 0) is 33.9 Å². The first-order chi connectivity index (χ1) is 7.79. The molecular formula is C12H29N3O2. The van der Waals surface area contributed by atoms with Crippen LogP contribution in [0.25, 0.3) is 0 Å². The Balaban J connectivity index is 4.65. The second-order valence-corrected chi connectivity index (χ2v) is 5.26. The van der Waals surface area contributed by atoms with Crippen molar-refractivity contribution < 1.29 is 10.2 Å². The summed E-state index contributed by atoms with van der Waals surface area (Å²) in [6, 6.07) is -0.633. The maximum atomic E-state index is 10.1. The summed E-state index contributed by atoms with van der Waals surface area (Å²) in [6.45, 7) is 3.87. The summed E-state index contributed by atoms with van der Waals surface area (Å²) in [7, 11) is 3.79. The van der Waals surface area contributed by atoms with E-state index in [2.05, 4.69) is 0 Å². The highest BCUT2D eigenvalue weighted by Crippen LogP contribution is 2.23. The quantitative estimate of drug-likeness (QED) is 0.464. The highest BCUT2D eigenvalue weighted by Gasteiger charge is 2.36. The van der Waals surface area contributed by atoms with Crippen LogP contribution < -0.4 is 11.5 Å². The molecule has 0 radical (unpaired) electrons. The molecule has 0 heterocycles. The van der Waals surface area contributed by atoms with Crippen molar-refractivity contribution in [1.82, 2.24) is 4.90 Å². The van der Waals surface area contributed by atoms with Crippen LogP contribution >= 0.6 is 0 Å². The van der Waals surface area contributed by atoms with Gasteiger partial charge in [0.15, 0.2) is 0 Å². The van der Waals surface area contributed by atoms with E-state index in [4.69, 9.17) is 11.5 Å². The Hall–Kier alpha value is -0.200. The molecule has 0 aliphatic rings. The number of rotatable bonds is 8. The minimum atomic E-state index is -0.597. The van der Waals surface area contributed by atoms with Crippen molar-refractivity contribution in [2.24, 2.45) is 11.5 Å². The van der Waals surface area contributed by atoms with E-state index in [1.54, 1.807) is 0 Å². The number of aliphatic hydroxyl groups is 2. The smallest absolute Gasteiger partial charge is 0.0709 e. The molecule has 5 nitrogen and oxygen atoms in total. The topological polar surface area (TPSA) is 95.7 Å². The van der Waals surface area contributed by atoms with Crippen LogP contribution in [0.15, 0.2) is 0 Å². The van der Waals surface area contributed by atoms with Crippen LogP contribution in [0.2, 0.25) is 0 Å². The van der Waals surface area contributed by atoms with Crippen molar-refractivity contribution in [3.8, 4) is 0 Å². The van der Waals surface area contributed by atoms with E-state index in [0.29, 0.717) is 6.42 Å². The Bertz CT molecular complexity index is 214. The summed E-state index contributed by atoms with van der Waals surface area (Å²) < 4.78 is 0. The summed E-state index contributed by atoms with van der Waals surface area (Å²) >= 11 is 0. The predicted octanol–water partition coefficient (Wildman–Crippen LogP) is -0.495. The molecule has 0 aromatic carbocycles. The summed E-state index contributed by atoms with van der Waals surface area (Å²) in [5, 5.41) is 19.3. The highest BCUT2D eigenvalue weighted by molar-refractivity contribution is 4.96. The first-order valence-corrected chi connectivity index (χ1v) is 6.27. The molecule has 0 amide bonds. The summed E-state index contributed by atoms with van der Waals surface area (Å²) in [6.07, 6.45) is 1.60. The Morgan fingerprint density at radius 3 is 2.18 bits per heavy atom. The SMILES string of the molecule is CCCC(N)C(O)CC(C)(C(N)CO)N(C)C. The van der Waals surface area contributed by atoms with Gasteiger partial charge in [-0.3, -0.25) is 0 Å². The molecule has 6 N–H and O–H groups in total. The predicted molar refractivity (Wildman–Crippen MR) is 70.7 cm³/mol. The summed E-state index contributed by atoms with van der Waals surface area (Å²) in [5.41, 5.74) is 11.4. The minimum absolute atomic E-state index is 0.107. The van der Waals surface area contributed by atoms with E-state index in [9.17, 15) is 10.2 Å². The van der Waals surface area contributed by atoms with Gasteiger partial charge in [0, 0.05) is 17.6 Å². The van der Waals surface area contributed by atoms with Gasteiger partial charge in [-0.15, -0.1) is 0 Å². The third-order valence-electron chi connectivity index (χ3n) is 3.76. The molecule has 0 aliphatic heterocycles. The zero-order chi connectivity index (χ0) is 13.6. The fraction of sp³-hybridized carbons (Fsp3) is 1.00. The second kappa shape index (κ2) is 7.28. The molecule has 4 unspecified atom stereocenters. The normalized spacial score (nSPS) is 21.0. The van der Waals surface area contributed by atoms with Crippen LogP contribution in [0.3, 0.4) is 0 Å². The summed E-state index contributed by atoms with van der Waals surface area (Å²) in [5.74, 6) is 0. The standard InChI is InChI=1S/C12H29N3O2/c1-5-6-9(13)10(17)7-12(2,15(3)4)11(14)8-16/h9-11,16-17H,5-8,13-14H2,1-4H3. The van der Waals surface area contributed by atoms with Gasteiger partial charge < -0.3 is 26.6 Å². The monoisotopic (exact) mass is 247 g/mol. The molecule has 4 atom stereocenters. The van der Waals surface area contributed by atoms with E-state index < -0.39 is 17.7 Å². The largest absolute Gasteiger partial charge is 0.395 e. The van der Waals surface area contributed by atoms with Crippen molar-refractivity contribution in [3.63, 3.8) is 0 Å². The van der Waals surface area contributed by atoms with E-state index in [0.717, 1.165) is 12.8 Å². The molecule has 0 fully saturated rings. The molecule has 0 bridgehead atoms.